The molecule has 4 rings (SSSR count). The monoisotopic (exact) mass is 258 g/mol. The summed E-state index contributed by atoms with van der Waals surface area (Å²) >= 11 is 1.63. The van der Waals surface area contributed by atoms with Crippen molar-refractivity contribution in [2.75, 3.05) is 11.6 Å². The molecule has 2 atom stereocenters. The molecule has 1 aromatic rings. The van der Waals surface area contributed by atoms with Crippen LogP contribution >= 0.6 is 11.8 Å². The van der Waals surface area contributed by atoms with Crippen LogP contribution in [0, 0.1) is 0 Å². The van der Waals surface area contributed by atoms with Gasteiger partial charge in [-0.2, -0.15) is 5.10 Å². The molecule has 90 valence electrons. The molecule has 3 aliphatic rings. The van der Waals surface area contributed by atoms with Crippen molar-refractivity contribution in [3.8, 4) is 0 Å². The molecule has 1 spiro atoms. The van der Waals surface area contributed by atoms with Crippen LogP contribution in [0.4, 0.5) is 5.69 Å². The lowest BCUT2D eigenvalue weighted by Crippen LogP contribution is -2.44. The Morgan fingerprint density at radius 3 is 3.06 bits per heavy atom. The first-order valence-electron chi connectivity index (χ1n) is 5.76. The third-order valence-electron chi connectivity index (χ3n) is 3.52. The summed E-state index contributed by atoms with van der Waals surface area (Å²) in [6.45, 7) is 0.413. The van der Waals surface area contributed by atoms with Gasteiger partial charge in [0.1, 0.15) is 11.4 Å². The highest BCUT2D eigenvalue weighted by Gasteiger charge is 2.60. The SMILES string of the molecule is O=C1OC[C@]23SC=C[C@H]2N(c2ccccc2)N=C13. The molecule has 0 N–H and O–H groups in total. The molecule has 0 radical (unpaired) electrons. The predicted octanol–water partition coefficient (Wildman–Crippen LogP) is 1.79. The number of anilines is 1. The standard InChI is InChI=1S/C13H10N2O2S/c16-12-11-13(8-17-12)10(6-7-18-13)15(14-11)9-4-2-1-3-5-9/h1-7,10H,8H2/t10-,13+/m1/s1. The molecule has 1 saturated heterocycles. The van der Waals surface area contributed by atoms with Crippen molar-refractivity contribution < 1.29 is 9.53 Å². The number of hydrogen-bond acceptors (Lipinski definition) is 5. The summed E-state index contributed by atoms with van der Waals surface area (Å²) < 4.78 is 4.83. The van der Waals surface area contributed by atoms with Gasteiger partial charge in [-0.15, -0.1) is 11.8 Å². The molecule has 0 aliphatic carbocycles. The Morgan fingerprint density at radius 2 is 2.22 bits per heavy atom. The lowest BCUT2D eigenvalue weighted by molar-refractivity contribution is -0.133. The number of nitrogens with zero attached hydrogens (tertiary/aromatic N) is 2. The summed E-state index contributed by atoms with van der Waals surface area (Å²) in [5.41, 5.74) is 1.55. The van der Waals surface area contributed by atoms with Gasteiger partial charge in [-0.3, -0.25) is 5.01 Å². The Hall–Kier alpha value is -1.75. The van der Waals surface area contributed by atoms with Crippen LogP contribution in [-0.4, -0.2) is 29.1 Å². The highest BCUT2D eigenvalue weighted by molar-refractivity contribution is 8.04. The fourth-order valence-electron chi connectivity index (χ4n) is 2.63. The van der Waals surface area contributed by atoms with Crippen molar-refractivity contribution in [1.29, 1.82) is 0 Å². The van der Waals surface area contributed by atoms with E-state index in [0.717, 1.165) is 5.69 Å². The van der Waals surface area contributed by atoms with Crippen LogP contribution in [0.5, 0.6) is 0 Å². The minimum absolute atomic E-state index is 0.0753. The number of para-hydroxylation sites is 1. The molecule has 0 saturated carbocycles. The normalized spacial score (nSPS) is 32.2. The number of carbonyl (C=O) groups excluding carboxylic acids is 1. The molecule has 4 nitrogen and oxygen atoms in total. The predicted molar refractivity (Wildman–Crippen MR) is 70.6 cm³/mol. The lowest BCUT2D eigenvalue weighted by Gasteiger charge is -2.27. The quantitative estimate of drug-likeness (QED) is 0.720. The average molecular weight is 258 g/mol. The average Bonchev–Trinajstić information content (AvgIpc) is 3.02. The molecule has 1 aromatic carbocycles. The number of hydrogen-bond donors (Lipinski definition) is 0. The number of rotatable bonds is 1. The van der Waals surface area contributed by atoms with E-state index in [4.69, 9.17) is 4.74 Å². The van der Waals surface area contributed by atoms with Crippen LogP contribution in [0.15, 0.2) is 46.9 Å². The van der Waals surface area contributed by atoms with Gasteiger partial charge in [0.05, 0.1) is 11.7 Å². The van der Waals surface area contributed by atoms with Crippen molar-refractivity contribution in [3.05, 3.63) is 41.8 Å². The number of cyclic esters (lactones) is 1. The van der Waals surface area contributed by atoms with E-state index in [-0.39, 0.29) is 16.8 Å². The third kappa shape index (κ3) is 1.12. The van der Waals surface area contributed by atoms with Gasteiger partial charge < -0.3 is 4.74 Å². The van der Waals surface area contributed by atoms with E-state index in [0.29, 0.717) is 12.3 Å². The van der Waals surface area contributed by atoms with E-state index in [2.05, 4.69) is 11.2 Å². The van der Waals surface area contributed by atoms with E-state index < -0.39 is 0 Å². The summed E-state index contributed by atoms with van der Waals surface area (Å²) in [7, 11) is 0. The summed E-state index contributed by atoms with van der Waals surface area (Å²) in [6.07, 6.45) is 2.09. The maximum Gasteiger partial charge on any atom is 0.356 e. The molecule has 3 aliphatic heterocycles. The summed E-state index contributed by atoms with van der Waals surface area (Å²) in [5.74, 6) is -0.283. The number of benzene rings is 1. The zero-order chi connectivity index (χ0) is 12.2. The fraction of sp³-hybridized carbons (Fsp3) is 0.231. The van der Waals surface area contributed by atoms with Gasteiger partial charge in [-0.25, -0.2) is 4.79 Å². The Labute approximate surface area is 108 Å². The maximum absolute atomic E-state index is 11.7. The Morgan fingerprint density at radius 1 is 1.39 bits per heavy atom. The van der Waals surface area contributed by atoms with Crippen LogP contribution < -0.4 is 5.01 Å². The first-order chi connectivity index (χ1) is 8.81. The van der Waals surface area contributed by atoms with Crippen molar-refractivity contribution in [3.63, 3.8) is 0 Å². The second-order valence-corrected chi connectivity index (χ2v) is 5.72. The van der Waals surface area contributed by atoms with Gasteiger partial charge in [0.25, 0.3) is 0 Å². The van der Waals surface area contributed by atoms with Crippen LogP contribution in [0.1, 0.15) is 0 Å². The largest absolute Gasteiger partial charge is 0.459 e. The van der Waals surface area contributed by atoms with Gasteiger partial charge >= 0.3 is 5.97 Å². The van der Waals surface area contributed by atoms with Gasteiger partial charge in [0, 0.05) is 0 Å². The fourth-order valence-corrected chi connectivity index (χ4v) is 3.78. The highest BCUT2D eigenvalue weighted by atomic mass is 32.2. The van der Waals surface area contributed by atoms with E-state index in [1.807, 2.05) is 40.7 Å². The number of carbonyl (C=O) groups is 1. The maximum atomic E-state index is 11.7. The molecule has 3 heterocycles. The van der Waals surface area contributed by atoms with Crippen LogP contribution in [-0.2, 0) is 9.53 Å². The topological polar surface area (TPSA) is 41.9 Å². The van der Waals surface area contributed by atoms with E-state index in [1.54, 1.807) is 11.8 Å². The smallest absolute Gasteiger partial charge is 0.356 e. The van der Waals surface area contributed by atoms with Crippen LogP contribution in [0.2, 0.25) is 0 Å². The van der Waals surface area contributed by atoms with Crippen LogP contribution in [0.3, 0.4) is 0 Å². The van der Waals surface area contributed by atoms with Gasteiger partial charge in [-0.1, -0.05) is 24.3 Å². The van der Waals surface area contributed by atoms with E-state index >= 15 is 0 Å². The number of hydrazone groups is 1. The minimum atomic E-state index is -0.326. The first kappa shape index (κ1) is 10.2. The summed E-state index contributed by atoms with van der Waals surface area (Å²) in [5, 5.41) is 8.44. The van der Waals surface area contributed by atoms with E-state index in [1.165, 1.54) is 0 Å². The van der Waals surface area contributed by atoms with Gasteiger partial charge in [0.2, 0.25) is 0 Å². The zero-order valence-corrected chi connectivity index (χ0v) is 10.3. The number of esters is 1. The van der Waals surface area contributed by atoms with Gasteiger partial charge in [0.15, 0.2) is 5.71 Å². The molecule has 0 amide bonds. The van der Waals surface area contributed by atoms with Crippen molar-refractivity contribution in [2.24, 2.45) is 5.10 Å². The van der Waals surface area contributed by atoms with E-state index in [9.17, 15) is 4.79 Å². The van der Waals surface area contributed by atoms with Gasteiger partial charge in [-0.05, 0) is 17.5 Å². The van der Waals surface area contributed by atoms with Crippen molar-refractivity contribution >= 4 is 29.1 Å². The second-order valence-electron chi connectivity index (χ2n) is 4.49. The van der Waals surface area contributed by atoms with Crippen molar-refractivity contribution in [1.82, 2.24) is 0 Å². The van der Waals surface area contributed by atoms with Crippen LogP contribution in [0.25, 0.3) is 0 Å². The van der Waals surface area contributed by atoms with Crippen molar-refractivity contribution in [2.45, 2.75) is 10.8 Å². The molecule has 0 aromatic heterocycles. The molecule has 0 unspecified atom stereocenters. The molecular formula is C13H10N2O2S. The number of ether oxygens (including phenoxy) is 1. The number of thioether (sulfide) groups is 1. The summed E-state index contributed by atoms with van der Waals surface area (Å²) in [6, 6.07) is 9.99. The molecule has 0 bridgehead atoms. The zero-order valence-electron chi connectivity index (χ0n) is 9.45. The Balaban J connectivity index is 1.83. The lowest BCUT2D eigenvalue weighted by atomic mass is 9.97. The molecular weight excluding hydrogens is 248 g/mol. The Kier molecular flexibility index (Phi) is 1.92. The molecule has 5 heteroatoms. The summed E-state index contributed by atoms with van der Waals surface area (Å²) in [4.78, 5) is 11.7. The molecule has 1 fully saturated rings. The first-order valence-corrected chi connectivity index (χ1v) is 6.64. The molecule has 18 heavy (non-hydrogen) atoms. The third-order valence-corrected chi connectivity index (χ3v) is 4.79. The highest BCUT2D eigenvalue weighted by Crippen LogP contribution is 2.49. The Bertz CT molecular complexity index is 584. The minimum Gasteiger partial charge on any atom is -0.459 e. The second kappa shape index (κ2) is 3.38.